The van der Waals surface area contributed by atoms with Crippen LogP contribution in [0.1, 0.15) is 16.2 Å². The molecule has 1 aromatic carbocycles. The lowest BCUT2D eigenvalue weighted by Gasteiger charge is -2.12. The molecule has 3 nitrogen and oxygen atoms in total. The molecule has 78 valence electrons. The Morgan fingerprint density at radius 1 is 1.12 bits per heavy atom. The minimum atomic E-state index is -0.124. The number of fused-ring (bicyclic) bond motifs is 2. The fraction of sp³-hybridized carbons (Fsp3) is 0.0833. The van der Waals surface area contributed by atoms with Gasteiger partial charge < -0.3 is 0 Å². The van der Waals surface area contributed by atoms with Gasteiger partial charge >= 0.3 is 0 Å². The molecular formula is C12H7IN2O. The SMILES string of the molecule is O=C1c2nc3ccccc3nc2C=CC1I. The number of hydrogen-bond acceptors (Lipinski definition) is 3. The summed E-state index contributed by atoms with van der Waals surface area (Å²) in [4.78, 5) is 20.7. The van der Waals surface area contributed by atoms with Crippen molar-refractivity contribution >= 4 is 45.5 Å². The van der Waals surface area contributed by atoms with Crippen LogP contribution in [0.15, 0.2) is 30.3 Å². The van der Waals surface area contributed by atoms with Crippen LogP contribution in [0.5, 0.6) is 0 Å². The molecule has 16 heavy (non-hydrogen) atoms. The highest BCUT2D eigenvalue weighted by Crippen LogP contribution is 2.22. The maximum absolute atomic E-state index is 11.9. The minimum absolute atomic E-state index is 0.0383. The van der Waals surface area contributed by atoms with Crippen molar-refractivity contribution < 1.29 is 4.79 Å². The van der Waals surface area contributed by atoms with Crippen molar-refractivity contribution in [3.63, 3.8) is 0 Å². The minimum Gasteiger partial charge on any atom is -0.291 e. The highest BCUT2D eigenvalue weighted by Gasteiger charge is 2.23. The summed E-state index contributed by atoms with van der Waals surface area (Å²) in [6, 6.07) is 7.58. The van der Waals surface area contributed by atoms with Crippen LogP contribution in [0.4, 0.5) is 0 Å². The van der Waals surface area contributed by atoms with E-state index in [4.69, 9.17) is 0 Å². The third-order valence-electron chi connectivity index (χ3n) is 2.50. The fourth-order valence-corrected chi connectivity index (χ4v) is 2.21. The summed E-state index contributed by atoms with van der Waals surface area (Å²) in [5, 5.41) is 0. The van der Waals surface area contributed by atoms with Crippen LogP contribution in [0.3, 0.4) is 0 Å². The molecule has 0 saturated carbocycles. The molecule has 1 aromatic heterocycles. The summed E-state index contributed by atoms with van der Waals surface area (Å²) in [5.41, 5.74) is 2.76. The number of aromatic nitrogens is 2. The van der Waals surface area contributed by atoms with Gasteiger partial charge in [-0.3, -0.25) is 4.79 Å². The quantitative estimate of drug-likeness (QED) is 0.553. The number of allylic oxidation sites excluding steroid dienone is 1. The largest absolute Gasteiger partial charge is 0.291 e. The van der Waals surface area contributed by atoms with E-state index in [0.29, 0.717) is 11.4 Å². The van der Waals surface area contributed by atoms with Gasteiger partial charge in [-0.1, -0.05) is 40.8 Å². The molecule has 2 aromatic rings. The highest BCUT2D eigenvalue weighted by molar-refractivity contribution is 14.1. The first kappa shape index (κ1) is 9.89. The zero-order valence-electron chi connectivity index (χ0n) is 8.22. The number of nitrogens with zero attached hydrogens (tertiary/aromatic N) is 2. The summed E-state index contributed by atoms with van der Waals surface area (Å²) in [7, 11) is 0. The summed E-state index contributed by atoms with van der Waals surface area (Å²) in [6.07, 6.45) is 3.72. The van der Waals surface area contributed by atoms with Gasteiger partial charge in [-0.25, -0.2) is 9.97 Å². The summed E-state index contributed by atoms with van der Waals surface area (Å²) in [6.45, 7) is 0. The Balaban J connectivity index is 2.33. The molecule has 1 aliphatic carbocycles. The van der Waals surface area contributed by atoms with Crippen LogP contribution in [-0.4, -0.2) is 19.7 Å². The zero-order chi connectivity index (χ0) is 11.1. The lowest BCUT2D eigenvalue weighted by Crippen LogP contribution is -2.19. The molecular weight excluding hydrogens is 315 g/mol. The molecule has 0 saturated heterocycles. The number of halogens is 1. The van der Waals surface area contributed by atoms with E-state index < -0.39 is 0 Å². The van der Waals surface area contributed by atoms with Crippen molar-refractivity contribution in [2.24, 2.45) is 0 Å². The molecule has 0 radical (unpaired) electrons. The van der Waals surface area contributed by atoms with E-state index in [2.05, 4.69) is 32.6 Å². The molecule has 0 fully saturated rings. The highest BCUT2D eigenvalue weighted by atomic mass is 127. The normalized spacial score (nSPS) is 18.8. The van der Waals surface area contributed by atoms with Crippen molar-refractivity contribution in [1.82, 2.24) is 9.97 Å². The van der Waals surface area contributed by atoms with Gasteiger partial charge in [0, 0.05) is 0 Å². The number of Topliss-reactive ketones (excluding diaryl/α,β-unsaturated/α-hetero) is 1. The van der Waals surface area contributed by atoms with E-state index in [-0.39, 0.29) is 9.71 Å². The van der Waals surface area contributed by atoms with Crippen molar-refractivity contribution in [2.45, 2.75) is 3.92 Å². The van der Waals surface area contributed by atoms with Crippen LogP contribution >= 0.6 is 22.6 Å². The average Bonchev–Trinajstić information content (AvgIpc) is 2.32. The van der Waals surface area contributed by atoms with Gasteiger partial charge in [0.05, 0.1) is 20.7 Å². The molecule has 1 heterocycles. The van der Waals surface area contributed by atoms with Gasteiger partial charge in [-0.15, -0.1) is 0 Å². The summed E-state index contributed by atoms with van der Waals surface area (Å²) in [5.74, 6) is 0.0383. The molecule has 0 aliphatic heterocycles. The van der Waals surface area contributed by atoms with E-state index in [0.717, 1.165) is 11.0 Å². The maximum atomic E-state index is 11.9. The van der Waals surface area contributed by atoms with Crippen molar-refractivity contribution in [3.8, 4) is 0 Å². The third kappa shape index (κ3) is 1.44. The van der Waals surface area contributed by atoms with Gasteiger partial charge in [-0.2, -0.15) is 0 Å². The van der Waals surface area contributed by atoms with Crippen LogP contribution < -0.4 is 0 Å². The van der Waals surface area contributed by atoms with Gasteiger partial charge in [0.15, 0.2) is 5.78 Å². The second-order valence-corrected chi connectivity index (χ2v) is 4.91. The number of benzene rings is 1. The Morgan fingerprint density at radius 2 is 1.81 bits per heavy atom. The topological polar surface area (TPSA) is 42.9 Å². The predicted octanol–water partition coefficient (Wildman–Crippen LogP) is 2.64. The molecule has 0 spiro atoms. The van der Waals surface area contributed by atoms with E-state index in [1.165, 1.54) is 0 Å². The Labute approximate surface area is 106 Å². The van der Waals surface area contributed by atoms with Gasteiger partial charge in [0.2, 0.25) is 0 Å². The molecule has 1 unspecified atom stereocenters. The smallest absolute Gasteiger partial charge is 0.200 e. The molecule has 3 rings (SSSR count). The molecule has 1 aliphatic rings. The lowest BCUT2D eigenvalue weighted by molar-refractivity contribution is 0.0999. The van der Waals surface area contributed by atoms with Crippen molar-refractivity contribution in [2.75, 3.05) is 0 Å². The van der Waals surface area contributed by atoms with Crippen LogP contribution in [-0.2, 0) is 0 Å². The third-order valence-corrected chi connectivity index (χ3v) is 3.49. The van der Waals surface area contributed by atoms with Crippen LogP contribution in [0.2, 0.25) is 0 Å². The maximum Gasteiger partial charge on any atom is 0.200 e. The second-order valence-electron chi connectivity index (χ2n) is 3.57. The first-order valence-electron chi connectivity index (χ1n) is 4.89. The number of rotatable bonds is 0. The number of alkyl halides is 1. The van der Waals surface area contributed by atoms with Crippen molar-refractivity contribution in [3.05, 3.63) is 41.7 Å². The van der Waals surface area contributed by atoms with Gasteiger partial charge in [0.1, 0.15) is 5.69 Å². The van der Waals surface area contributed by atoms with E-state index in [1.807, 2.05) is 36.4 Å². The Morgan fingerprint density at radius 3 is 2.56 bits per heavy atom. The average molecular weight is 322 g/mol. The molecule has 0 N–H and O–H groups in total. The first-order chi connectivity index (χ1) is 7.75. The van der Waals surface area contributed by atoms with E-state index in [9.17, 15) is 4.79 Å². The number of ketones is 1. The number of hydrogen-bond donors (Lipinski definition) is 0. The molecule has 4 heteroatoms. The number of carbonyl (C=O) groups excluding carboxylic acids is 1. The fourth-order valence-electron chi connectivity index (χ4n) is 1.70. The standard InChI is InChI=1S/C12H7IN2O/c13-7-5-6-10-11(12(7)16)15-9-4-2-1-3-8(9)14-10/h1-7H. The van der Waals surface area contributed by atoms with Crippen molar-refractivity contribution in [1.29, 1.82) is 0 Å². The molecule has 0 bridgehead atoms. The Bertz CT molecular complexity index is 621. The second kappa shape index (κ2) is 3.62. The van der Waals surface area contributed by atoms with Crippen LogP contribution in [0, 0.1) is 0 Å². The first-order valence-corrected chi connectivity index (χ1v) is 6.13. The van der Waals surface area contributed by atoms with Gasteiger partial charge in [0.25, 0.3) is 0 Å². The summed E-state index contributed by atoms with van der Waals surface area (Å²) < 4.78 is -0.124. The predicted molar refractivity (Wildman–Crippen MR) is 70.7 cm³/mol. The Hall–Kier alpha value is -1.30. The zero-order valence-corrected chi connectivity index (χ0v) is 10.4. The van der Waals surface area contributed by atoms with Crippen LogP contribution in [0.25, 0.3) is 17.1 Å². The monoisotopic (exact) mass is 322 g/mol. The summed E-state index contributed by atoms with van der Waals surface area (Å²) >= 11 is 2.10. The van der Waals surface area contributed by atoms with E-state index >= 15 is 0 Å². The Kier molecular flexibility index (Phi) is 2.24. The van der Waals surface area contributed by atoms with E-state index in [1.54, 1.807) is 0 Å². The molecule has 0 amide bonds. The number of carbonyl (C=O) groups is 1. The number of para-hydroxylation sites is 2. The van der Waals surface area contributed by atoms with Gasteiger partial charge in [-0.05, 0) is 18.2 Å². The molecule has 1 atom stereocenters. The lowest BCUT2D eigenvalue weighted by atomic mass is 10.1.